The minimum atomic E-state index is -0.523. The molecule has 70 valence electrons. The van der Waals surface area contributed by atoms with E-state index >= 15 is 0 Å². The lowest BCUT2D eigenvalue weighted by Gasteiger charge is -2.13. The number of halogens is 3. The van der Waals surface area contributed by atoms with Crippen LogP contribution < -0.4 is 5.73 Å². The maximum absolute atomic E-state index is 13.6. The number of hydrogen-bond donors (Lipinski definition) is 1. The average molecular weight is 265 g/mol. The van der Waals surface area contributed by atoms with Crippen molar-refractivity contribution in [1.82, 2.24) is 0 Å². The Hall–Kier alpha value is -0.120. The highest BCUT2D eigenvalue weighted by atomic mass is 79.9. The predicted octanol–water partition coefficient (Wildman–Crippen LogP) is 3.19. The summed E-state index contributed by atoms with van der Waals surface area (Å²) in [6.45, 7) is 0. The molecule has 0 radical (unpaired) electrons. The van der Waals surface area contributed by atoms with E-state index < -0.39 is 5.54 Å². The molecule has 1 nitrogen and oxygen atoms in total. The summed E-state index contributed by atoms with van der Waals surface area (Å²) in [6.07, 6.45) is 1.61. The van der Waals surface area contributed by atoms with E-state index in [0.717, 1.165) is 12.8 Å². The molecule has 13 heavy (non-hydrogen) atoms. The van der Waals surface area contributed by atoms with E-state index in [-0.39, 0.29) is 5.82 Å². The molecular weight excluding hydrogens is 256 g/mol. The van der Waals surface area contributed by atoms with Crippen molar-refractivity contribution in [2.45, 2.75) is 18.4 Å². The van der Waals surface area contributed by atoms with E-state index in [2.05, 4.69) is 15.9 Å². The predicted molar refractivity (Wildman–Crippen MR) is 54.2 cm³/mol. The van der Waals surface area contributed by atoms with E-state index in [1.54, 1.807) is 12.1 Å². The van der Waals surface area contributed by atoms with Gasteiger partial charge in [0, 0.05) is 16.1 Å². The van der Waals surface area contributed by atoms with Crippen molar-refractivity contribution in [2.75, 3.05) is 0 Å². The quantitative estimate of drug-likeness (QED) is 0.775. The second kappa shape index (κ2) is 2.94. The SMILES string of the molecule is NC1(c2c(Cl)ccc(Br)c2F)CC1. The molecule has 0 saturated heterocycles. The zero-order valence-electron chi connectivity index (χ0n) is 6.78. The first-order valence-electron chi connectivity index (χ1n) is 3.97. The largest absolute Gasteiger partial charge is 0.321 e. The number of nitrogens with two attached hydrogens (primary N) is 1. The lowest BCUT2D eigenvalue weighted by Crippen LogP contribution is -2.21. The van der Waals surface area contributed by atoms with Gasteiger partial charge in [-0.3, -0.25) is 0 Å². The summed E-state index contributed by atoms with van der Waals surface area (Å²) in [6, 6.07) is 3.25. The van der Waals surface area contributed by atoms with Gasteiger partial charge < -0.3 is 5.73 Å². The van der Waals surface area contributed by atoms with Crippen LogP contribution in [0.4, 0.5) is 4.39 Å². The molecule has 2 rings (SSSR count). The van der Waals surface area contributed by atoms with Crippen molar-refractivity contribution in [3.63, 3.8) is 0 Å². The molecule has 1 aromatic carbocycles. The smallest absolute Gasteiger partial charge is 0.143 e. The molecule has 0 bridgehead atoms. The van der Waals surface area contributed by atoms with Crippen LogP contribution in [0.25, 0.3) is 0 Å². The van der Waals surface area contributed by atoms with Gasteiger partial charge >= 0.3 is 0 Å². The zero-order chi connectivity index (χ0) is 9.64. The number of benzene rings is 1. The fraction of sp³-hybridized carbons (Fsp3) is 0.333. The molecule has 0 unspecified atom stereocenters. The molecule has 0 heterocycles. The third kappa shape index (κ3) is 1.49. The van der Waals surface area contributed by atoms with Gasteiger partial charge in [-0.15, -0.1) is 0 Å². The molecule has 1 aliphatic carbocycles. The van der Waals surface area contributed by atoms with E-state index in [1.165, 1.54) is 0 Å². The summed E-state index contributed by atoms with van der Waals surface area (Å²) in [5.41, 5.74) is 5.82. The van der Waals surface area contributed by atoms with Gasteiger partial charge in [0.15, 0.2) is 0 Å². The number of rotatable bonds is 1. The highest BCUT2D eigenvalue weighted by Crippen LogP contribution is 2.47. The van der Waals surface area contributed by atoms with Crippen LogP contribution in [0.2, 0.25) is 5.02 Å². The van der Waals surface area contributed by atoms with E-state index in [4.69, 9.17) is 17.3 Å². The van der Waals surface area contributed by atoms with Crippen LogP contribution in [0, 0.1) is 5.82 Å². The monoisotopic (exact) mass is 263 g/mol. The Morgan fingerprint density at radius 3 is 2.62 bits per heavy atom. The van der Waals surface area contributed by atoms with Gasteiger partial charge in [-0.2, -0.15) is 0 Å². The Morgan fingerprint density at radius 2 is 2.08 bits per heavy atom. The molecule has 1 fully saturated rings. The van der Waals surface area contributed by atoms with Crippen LogP contribution in [-0.2, 0) is 5.54 Å². The van der Waals surface area contributed by atoms with Gasteiger partial charge in [0.25, 0.3) is 0 Å². The summed E-state index contributed by atoms with van der Waals surface area (Å²) >= 11 is 9.00. The maximum atomic E-state index is 13.6. The lowest BCUT2D eigenvalue weighted by molar-refractivity contribution is 0.572. The Balaban J connectivity index is 2.61. The fourth-order valence-electron chi connectivity index (χ4n) is 1.37. The average Bonchev–Trinajstić information content (AvgIpc) is 2.78. The highest BCUT2D eigenvalue weighted by Gasteiger charge is 2.44. The van der Waals surface area contributed by atoms with Crippen molar-refractivity contribution in [2.24, 2.45) is 5.73 Å². The second-order valence-corrected chi connectivity index (χ2v) is 4.64. The van der Waals surface area contributed by atoms with Crippen molar-refractivity contribution in [3.05, 3.63) is 33.0 Å². The molecule has 0 amide bonds. The van der Waals surface area contributed by atoms with Crippen LogP contribution in [0.1, 0.15) is 18.4 Å². The molecule has 0 spiro atoms. The van der Waals surface area contributed by atoms with Crippen molar-refractivity contribution >= 4 is 27.5 Å². The summed E-state index contributed by atoms with van der Waals surface area (Å²) in [5.74, 6) is -0.326. The first-order valence-corrected chi connectivity index (χ1v) is 5.14. The molecule has 1 aromatic rings. The van der Waals surface area contributed by atoms with E-state index in [0.29, 0.717) is 15.1 Å². The van der Waals surface area contributed by atoms with Crippen LogP contribution in [-0.4, -0.2) is 0 Å². The van der Waals surface area contributed by atoms with Gasteiger partial charge in [-0.1, -0.05) is 11.6 Å². The van der Waals surface area contributed by atoms with Gasteiger partial charge in [-0.05, 0) is 40.9 Å². The van der Waals surface area contributed by atoms with E-state index in [1.807, 2.05) is 0 Å². The Labute approximate surface area is 89.2 Å². The van der Waals surface area contributed by atoms with Gasteiger partial charge in [0.05, 0.1) is 4.47 Å². The normalized spacial score (nSPS) is 18.8. The van der Waals surface area contributed by atoms with Crippen LogP contribution in [0.15, 0.2) is 16.6 Å². The molecule has 4 heteroatoms. The Kier molecular flexibility index (Phi) is 2.13. The third-order valence-electron chi connectivity index (χ3n) is 2.33. The maximum Gasteiger partial charge on any atom is 0.143 e. The summed E-state index contributed by atoms with van der Waals surface area (Å²) in [7, 11) is 0. The third-order valence-corrected chi connectivity index (χ3v) is 3.26. The van der Waals surface area contributed by atoms with Gasteiger partial charge in [0.1, 0.15) is 5.82 Å². The molecule has 1 aliphatic rings. The van der Waals surface area contributed by atoms with Crippen molar-refractivity contribution in [3.8, 4) is 0 Å². The van der Waals surface area contributed by atoms with E-state index in [9.17, 15) is 4.39 Å². The fourth-order valence-corrected chi connectivity index (χ4v) is 2.03. The summed E-state index contributed by atoms with van der Waals surface area (Å²) in [5, 5.41) is 0.417. The minimum absolute atomic E-state index is 0.326. The topological polar surface area (TPSA) is 26.0 Å². The standard InChI is InChI=1S/C9H8BrClFN/c10-5-1-2-6(11)7(8(5)12)9(13)3-4-9/h1-2H,3-4,13H2. The van der Waals surface area contributed by atoms with Crippen molar-refractivity contribution < 1.29 is 4.39 Å². The zero-order valence-corrected chi connectivity index (χ0v) is 9.12. The van der Waals surface area contributed by atoms with Crippen LogP contribution in [0.5, 0.6) is 0 Å². The summed E-state index contributed by atoms with van der Waals surface area (Å²) < 4.78 is 14.0. The second-order valence-electron chi connectivity index (χ2n) is 3.37. The first kappa shape index (κ1) is 9.44. The number of hydrogen-bond acceptors (Lipinski definition) is 1. The van der Waals surface area contributed by atoms with Crippen LogP contribution >= 0.6 is 27.5 Å². The minimum Gasteiger partial charge on any atom is -0.321 e. The highest BCUT2D eigenvalue weighted by molar-refractivity contribution is 9.10. The lowest BCUT2D eigenvalue weighted by atomic mass is 10.1. The molecule has 2 N–H and O–H groups in total. The van der Waals surface area contributed by atoms with Gasteiger partial charge in [-0.25, -0.2) is 4.39 Å². The first-order chi connectivity index (χ1) is 6.04. The summed E-state index contributed by atoms with van der Waals surface area (Å²) in [4.78, 5) is 0. The molecular formula is C9H8BrClFN. The van der Waals surface area contributed by atoms with Crippen molar-refractivity contribution in [1.29, 1.82) is 0 Å². The van der Waals surface area contributed by atoms with Crippen LogP contribution in [0.3, 0.4) is 0 Å². The Bertz CT molecular complexity index is 363. The van der Waals surface area contributed by atoms with Gasteiger partial charge in [0.2, 0.25) is 0 Å². The Morgan fingerprint density at radius 1 is 1.46 bits per heavy atom. The molecule has 0 aromatic heterocycles. The molecule has 0 aliphatic heterocycles. The molecule has 0 atom stereocenters. The molecule has 1 saturated carbocycles.